The summed E-state index contributed by atoms with van der Waals surface area (Å²) in [6, 6.07) is 6.55. The molecule has 0 unspecified atom stereocenters. The highest BCUT2D eigenvalue weighted by Crippen LogP contribution is 2.32. The number of nitrogens with zero attached hydrogens (tertiary/aromatic N) is 5. The molecular weight excluding hydrogens is 416 g/mol. The van der Waals surface area contributed by atoms with Crippen LogP contribution in [0, 0.1) is 19.8 Å². The minimum Gasteiger partial charge on any atom is -0.470 e. The molecule has 1 fully saturated rings. The number of rotatable bonds is 6. The molecule has 0 spiro atoms. The van der Waals surface area contributed by atoms with Crippen molar-refractivity contribution in [3.63, 3.8) is 0 Å². The van der Waals surface area contributed by atoms with Crippen LogP contribution in [0.5, 0.6) is 5.88 Å². The van der Waals surface area contributed by atoms with Gasteiger partial charge in [-0.3, -0.25) is 4.68 Å². The SMILES string of the molecule is Cc1nc(COc2nc(N[C@H]3CC[C@H](C)CC3)ncc2-c2ccc3cn(C)nc3c2)c(C)o1. The molecule has 3 heterocycles. The number of nitrogens with one attached hydrogen (secondary N) is 1. The number of aromatic nitrogens is 5. The minimum atomic E-state index is 0.277. The summed E-state index contributed by atoms with van der Waals surface area (Å²) in [7, 11) is 1.92. The number of ether oxygens (including phenoxy) is 1. The Labute approximate surface area is 193 Å². The van der Waals surface area contributed by atoms with Gasteiger partial charge in [-0.05, 0) is 50.2 Å². The maximum atomic E-state index is 6.20. The Morgan fingerprint density at radius 3 is 2.73 bits per heavy atom. The molecule has 1 aromatic carbocycles. The highest BCUT2D eigenvalue weighted by Gasteiger charge is 2.20. The van der Waals surface area contributed by atoms with Crippen molar-refractivity contribution in [1.82, 2.24) is 24.7 Å². The van der Waals surface area contributed by atoms with E-state index in [2.05, 4.69) is 39.4 Å². The molecule has 1 aliphatic rings. The lowest BCUT2D eigenvalue weighted by Gasteiger charge is -2.27. The van der Waals surface area contributed by atoms with Gasteiger partial charge in [0.05, 0.1) is 11.1 Å². The fourth-order valence-electron chi connectivity index (χ4n) is 4.48. The first-order chi connectivity index (χ1) is 15.9. The van der Waals surface area contributed by atoms with E-state index in [0.29, 0.717) is 23.8 Å². The van der Waals surface area contributed by atoms with Crippen LogP contribution in [0.2, 0.25) is 0 Å². The highest BCUT2D eigenvalue weighted by atomic mass is 16.5. The van der Waals surface area contributed by atoms with Gasteiger partial charge in [-0.25, -0.2) is 9.97 Å². The number of fused-ring (bicyclic) bond motifs is 1. The predicted molar refractivity (Wildman–Crippen MR) is 127 cm³/mol. The van der Waals surface area contributed by atoms with Gasteiger partial charge >= 0.3 is 0 Å². The Kier molecular flexibility index (Phi) is 5.74. The van der Waals surface area contributed by atoms with Crippen LogP contribution in [0.15, 0.2) is 35.0 Å². The molecule has 0 bridgehead atoms. The van der Waals surface area contributed by atoms with Crippen molar-refractivity contribution in [2.45, 2.75) is 59.1 Å². The maximum absolute atomic E-state index is 6.20. The van der Waals surface area contributed by atoms with Crippen molar-refractivity contribution in [2.75, 3.05) is 5.32 Å². The van der Waals surface area contributed by atoms with Crippen molar-refractivity contribution in [1.29, 1.82) is 0 Å². The third-order valence-corrected chi connectivity index (χ3v) is 6.38. The lowest BCUT2D eigenvalue weighted by molar-refractivity contribution is 0.288. The first-order valence-electron chi connectivity index (χ1n) is 11.6. The van der Waals surface area contributed by atoms with Gasteiger partial charge in [0.2, 0.25) is 11.8 Å². The number of aryl methyl sites for hydroxylation is 3. The summed E-state index contributed by atoms with van der Waals surface area (Å²) in [5.74, 6) is 3.30. The topological polar surface area (TPSA) is 90.9 Å². The van der Waals surface area contributed by atoms with Gasteiger partial charge in [-0.2, -0.15) is 10.1 Å². The fourth-order valence-corrected chi connectivity index (χ4v) is 4.48. The molecule has 0 radical (unpaired) electrons. The minimum absolute atomic E-state index is 0.277. The molecule has 0 saturated heterocycles. The van der Waals surface area contributed by atoms with Crippen molar-refractivity contribution >= 4 is 16.9 Å². The first-order valence-corrected chi connectivity index (χ1v) is 11.6. The Bertz CT molecular complexity index is 1270. The van der Waals surface area contributed by atoms with Gasteiger partial charge in [0.15, 0.2) is 5.89 Å². The first kappa shape index (κ1) is 21.4. The highest BCUT2D eigenvalue weighted by molar-refractivity contribution is 5.84. The van der Waals surface area contributed by atoms with Crippen LogP contribution in [0.4, 0.5) is 5.95 Å². The van der Waals surface area contributed by atoms with Gasteiger partial charge in [-0.15, -0.1) is 0 Å². The summed E-state index contributed by atoms with van der Waals surface area (Å²) < 4.78 is 13.6. The van der Waals surface area contributed by atoms with Crippen molar-refractivity contribution in [3.8, 4) is 17.0 Å². The van der Waals surface area contributed by atoms with Crippen LogP contribution in [-0.4, -0.2) is 30.8 Å². The molecular formula is C25H30N6O2. The van der Waals surface area contributed by atoms with Crippen LogP contribution in [0.3, 0.4) is 0 Å². The van der Waals surface area contributed by atoms with E-state index < -0.39 is 0 Å². The molecule has 172 valence electrons. The molecule has 1 aliphatic carbocycles. The Morgan fingerprint density at radius 2 is 1.97 bits per heavy atom. The van der Waals surface area contributed by atoms with Gasteiger partial charge in [0.25, 0.3) is 0 Å². The third-order valence-electron chi connectivity index (χ3n) is 6.38. The monoisotopic (exact) mass is 446 g/mol. The Morgan fingerprint density at radius 1 is 1.15 bits per heavy atom. The van der Waals surface area contributed by atoms with E-state index in [9.17, 15) is 0 Å². The molecule has 1 saturated carbocycles. The quantitative estimate of drug-likeness (QED) is 0.435. The summed E-state index contributed by atoms with van der Waals surface area (Å²) in [6.45, 7) is 6.33. The summed E-state index contributed by atoms with van der Waals surface area (Å²) >= 11 is 0. The van der Waals surface area contributed by atoms with Gasteiger partial charge in [-0.1, -0.05) is 19.1 Å². The molecule has 8 nitrogen and oxygen atoms in total. The largest absolute Gasteiger partial charge is 0.470 e. The average molecular weight is 447 g/mol. The second-order valence-electron chi connectivity index (χ2n) is 9.11. The maximum Gasteiger partial charge on any atom is 0.226 e. The van der Waals surface area contributed by atoms with E-state index in [1.165, 1.54) is 12.8 Å². The van der Waals surface area contributed by atoms with E-state index in [1.807, 2.05) is 44.0 Å². The number of hydrogen-bond acceptors (Lipinski definition) is 7. The van der Waals surface area contributed by atoms with Crippen LogP contribution in [0.1, 0.15) is 50.0 Å². The lowest BCUT2D eigenvalue weighted by Crippen LogP contribution is -2.26. The molecule has 4 aromatic rings. The van der Waals surface area contributed by atoms with Gasteiger partial charge < -0.3 is 14.5 Å². The van der Waals surface area contributed by atoms with Crippen LogP contribution in [0.25, 0.3) is 22.0 Å². The molecule has 0 aliphatic heterocycles. The van der Waals surface area contributed by atoms with E-state index in [4.69, 9.17) is 14.1 Å². The summed E-state index contributed by atoms with van der Waals surface area (Å²) in [5.41, 5.74) is 3.47. The number of hydrogen-bond donors (Lipinski definition) is 1. The van der Waals surface area contributed by atoms with E-state index >= 15 is 0 Å². The van der Waals surface area contributed by atoms with E-state index in [0.717, 1.165) is 52.2 Å². The molecule has 0 atom stereocenters. The van der Waals surface area contributed by atoms with Crippen LogP contribution < -0.4 is 10.1 Å². The van der Waals surface area contributed by atoms with Crippen molar-refractivity contribution in [2.24, 2.45) is 13.0 Å². The standard InChI is InChI=1S/C25H30N6O2/c1-15-5-9-20(10-6-15)28-25-26-12-21(18-7-8-19-13-31(4)30-22(19)11-18)24(29-25)32-14-23-16(2)33-17(3)27-23/h7-8,11-13,15,20H,5-6,9-10,14H2,1-4H3,(H,26,28,29)/t15-,20-. The lowest BCUT2D eigenvalue weighted by atomic mass is 9.87. The predicted octanol–water partition coefficient (Wildman–Crippen LogP) is 5.20. The zero-order valence-corrected chi connectivity index (χ0v) is 19.6. The summed E-state index contributed by atoms with van der Waals surface area (Å²) in [4.78, 5) is 13.8. The number of benzene rings is 1. The second kappa shape index (κ2) is 8.84. The van der Waals surface area contributed by atoms with Crippen LogP contribution >= 0.6 is 0 Å². The van der Waals surface area contributed by atoms with Gasteiger partial charge in [0.1, 0.15) is 18.1 Å². The summed E-state index contributed by atoms with van der Waals surface area (Å²) in [5, 5.41) is 9.14. The molecule has 8 heteroatoms. The van der Waals surface area contributed by atoms with E-state index in [-0.39, 0.29) is 6.61 Å². The fraction of sp³-hybridized carbons (Fsp3) is 0.440. The third kappa shape index (κ3) is 4.69. The molecule has 33 heavy (non-hydrogen) atoms. The van der Waals surface area contributed by atoms with E-state index in [1.54, 1.807) is 0 Å². The van der Waals surface area contributed by atoms with Crippen molar-refractivity contribution < 1.29 is 9.15 Å². The number of oxazole rings is 1. The van der Waals surface area contributed by atoms with Gasteiger partial charge in [0, 0.05) is 37.8 Å². The molecule has 0 amide bonds. The molecule has 1 N–H and O–H groups in total. The average Bonchev–Trinajstić information content (AvgIpc) is 3.33. The van der Waals surface area contributed by atoms with Crippen molar-refractivity contribution in [3.05, 3.63) is 47.9 Å². The van der Waals surface area contributed by atoms with Crippen LogP contribution in [-0.2, 0) is 13.7 Å². The number of anilines is 1. The smallest absolute Gasteiger partial charge is 0.226 e. The zero-order chi connectivity index (χ0) is 22.9. The molecule has 3 aromatic heterocycles. The second-order valence-corrected chi connectivity index (χ2v) is 9.11. The Hall–Kier alpha value is -3.42. The zero-order valence-electron chi connectivity index (χ0n) is 19.6. The normalized spacial score (nSPS) is 18.5. The molecule has 5 rings (SSSR count). The summed E-state index contributed by atoms with van der Waals surface area (Å²) in [6.07, 6.45) is 8.57. The Balaban J connectivity index is 1.45.